The van der Waals surface area contributed by atoms with E-state index in [4.69, 9.17) is 0 Å². The number of hydrogen-bond acceptors (Lipinski definition) is 5. The number of fused-ring (bicyclic) bond motifs is 1. The lowest BCUT2D eigenvalue weighted by Crippen LogP contribution is -2.24. The monoisotopic (exact) mass is 267 g/mol. The van der Waals surface area contributed by atoms with Gasteiger partial charge in [0.2, 0.25) is 0 Å². The Balaban J connectivity index is 2.46. The fraction of sp³-hybridized carbons (Fsp3) is 0.143. The standard InChI is InChI=1S/C14H13N5O/c1-9-5-6-11-12(15-2)18-14(20)19(13(11)17-9)10-4-3-7-16-8-10/h3-8H,1-2H3,(H,15,18,20). The van der Waals surface area contributed by atoms with Crippen LogP contribution in [0.5, 0.6) is 0 Å². The zero-order chi connectivity index (χ0) is 14.1. The lowest BCUT2D eigenvalue weighted by molar-refractivity contribution is 0.930. The zero-order valence-corrected chi connectivity index (χ0v) is 11.2. The molecule has 20 heavy (non-hydrogen) atoms. The first-order chi connectivity index (χ1) is 9.70. The minimum atomic E-state index is -0.382. The molecule has 3 heterocycles. The molecule has 1 N–H and O–H groups in total. The number of nitrogens with one attached hydrogen (secondary N) is 1. The van der Waals surface area contributed by atoms with Crippen molar-refractivity contribution in [3.8, 4) is 5.69 Å². The lowest BCUT2D eigenvalue weighted by Gasteiger charge is -2.11. The van der Waals surface area contributed by atoms with Crippen molar-refractivity contribution in [1.82, 2.24) is 19.5 Å². The summed E-state index contributed by atoms with van der Waals surface area (Å²) in [6.07, 6.45) is 3.27. The summed E-state index contributed by atoms with van der Waals surface area (Å²) < 4.78 is 1.47. The highest BCUT2D eigenvalue weighted by Gasteiger charge is 2.12. The van der Waals surface area contributed by atoms with Crippen molar-refractivity contribution in [1.29, 1.82) is 0 Å². The third-order valence-electron chi connectivity index (χ3n) is 3.02. The number of pyridine rings is 2. The molecule has 0 aliphatic carbocycles. The number of hydrogen-bond donors (Lipinski definition) is 1. The van der Waals surface area contributed by atoms with E-state index < -0.39 is 0 Å². The molecule has 0 atom stereocenters. The Labute approximate surface area is 115 Å². The van der Waals surface area contributed by atoms with E-state index in [1.807, 2.05) is 19.1 Å². The Hall–Kier alpha value is -2.76. The van der Waals surface area contributed by atoms with Gasteiger partial charge in [0.05, 0.1) is 17.3 Å². The molecule has 0 saturated carbocycles. The van der Waals surface area contributed by atoms with Gasteiger partial charge in [-0.15, -0.1) is 0 Å². The fourth-order valence-corrected chi connectivity index (χ4v) is 2.10. The van der Waals surface area contributed by atoms with Crippen LogP contribution in [0.15, 0.2) is 41.5 Å². The SMILES string of the molecule is CNc1nc(=O)n(-c2cccnc2)c2nc(C)ccc12. The summed E-state index contributed by atoms with van der Waals surface area (Å²) in [6.45, 7) is 1.89. The number of aromatic nitrogens is 4. The molecule has 0 radical (unpaired) electrons. The largest absolute Gasteiger partial charge is 0.372 e. The summed E-state index contributed by atoms with van der Waals surface area (Å²) in [5.41, 5.74) is 1.67. The van der Waals surface area contributed by atoms with E-state index in [2.05, 4.69) is 20.3 Å². The highest BCUT2D eigenvalue weighted by molar-refractivity contribution is 5.87. The Kier molecular flexibility index (Phi) is 2.90. The first-order valence-electron chi connectivity index (χ1n) is 6.19. The molecule has 3 aromatic heterocycles. The van der Waals surface area contributed by atoms with Crippen molar-refractivity contribution in [3.05, 3.63) is 52.8 Å². The maximum absolute atomic E-state index is 12.3. The molecule has 0 fully saturated rings. The molecule has 3 rings (SSSR count). The molecule has 0 aliphatic rings. The summed E-state index contributed by atoms with van der Waals surface area (Å²) in [5, 5.41) is 3.72. The van der Waals surface area contributed by atoms with Crippen molar-refractivity contribution in [3.63, 3.8) is 0 Å². The summed E-state index contributed by atoms with van der Waals surface area (Å²) in [5.74, 6) is 0.526. The van der Waals surface area contributed by atoms with Crippen LogP contribution in [0.2, 0.25) is 0 Å². The number of nitrogens with zero attached hydrogens (tertiary/aromatic N) is 4. The normalized spacial score (nSPS) is 10.7. The molecule has 0 amide bonds. The molecule has 6 nitrogen and oxygen atoms in total. The average Bonchev–Trinajstić information content (AvgIpc) is 2.47. The maximum atomic E-state index is 12.3. The van der Waals surface area contributed by atoms with Gasteiger partial charge in [0, 0.05) is 18.9 Å². The molecule has 0 aromatic carbocycles. The second kappa shape index (κ2) is 4.73. The van der Waals surface area contributed by atoms with E-state index in [9.17, 15) is 4.79 Å². The van der Waals surface area contributed by atoms with Gasteiger partial charge < -0.3 is 5.32 Å². The summed E-state index contributed by atoms with van der Waals surface area (Å²) in [7, 11) is 1.73. The van der Waals surface area contributed by atoms with Gasteiger partial charge in [-0.1, -0.05) is 0 Å². The molecule has 0 saturated heterocycles. The Morgan fingerprint density at radius 1 is 1.20 bits per heavy atom. The number of rotatable bonds is 2. The van der Waals surface area contributed by atoms with Crippen molar-refractivity contribution in [2.24, 2.45) is 0 Å². The minimum absolute atomic E-state index is 0.382. The second-order valence-corrected chi connectivity index (χ2v) is 4.36. The van der Waals surface area contributed by atoms with Crippen molar-refractivity contribution in [2.75, 3.05) is 12.4 Å². The second-order valence-electron chi connectivity index (χ2n) is 4.36. The first kappa shape index (κ1) is 12.3. The lowest BCUT2D eigenvalue weighted by atomic mass is 10.2. The van der Waals surface area contributed by atoms with Crippen LogP contribution in [0.4, 0.5) is 5.82 Å². The van der Waals surface area contributed by atoms with Crippen LogP contribution in [0.3, 0.4) is 0 Å². The predicted molar refractivity (Wildman–Crippen MR) is 77.2 cm³/mol. The molecule has 100 valence electrons. The van der Waals surface area contributed by atoms with E-state index in [1.54, 1.807) is 31.6 Å². The van der Waals surface area contributed by atoms with E-state index in [0.29, 0.717) is 17.2 Å². The van der Waals surface area contributed by atoms with Gasteiger partial charge in [0.1, 0.15) is 5.82 Å². The number of aryl methyl sites for hydroxylation is 1. The Morgan fingerprint density at radius 2 is 2.05 bits per heavy atom. The van der Waals surface area contributed by atoms with Crippen molar-refractivity contribution >= 4 is 16.9 Å². The van der Waals surface area contributed by atoms with Crippen molar-refractivity contribution in [2.45, 2.75) is 6.92 Å². The topological polar surface area (TPSA) is 72.7 Å². The average molecular weight is 267 g/mol. The third kappa shape index (κ3) is 1.91. The summed E-state index contributed by atoms with van der Waals surface area (Å²) in [4.78, 5) is 24.8. The molecule has 3 aromatic rings. The van der Waals surface area contributed by atoms with Gasteiger partial charge in [-0.05, 0) is 31.2 Å². The zero-order valence-electron chi connectivity index (χ0n) is 11.2. The fourth-order valence-electron chi connectivity index (χ4n) is 2.10. The highest BCUT2D eigenvalue weighted by Crippen LogP contribution is 2.20. The molecule has 0 aliphatic heterocycles. The summed E-state index contributed by atoms with van der Waals surface area (Å²) >= 11 is 0. The van der Waals surface area contributed by atoms with Crippen LogP contribution in [0.1, 0.15) is 5.69 Å². The van der Waals surface area contributed by atoms with Gasteiger partial charge in [-0.2, -0.15) is 4.98 Å². The van der Waals surface area contributed by atoms with Gasteiger partial charge in [0.25, 0.3) is 0 Å². The predicted octanol–water partition coefficient (Wildman–Crippen LogP) is 1.53. The van der Waals surface area contributed by atoms with Gasteiger partial charge >= 0.3 is 5.69 Å². The van der Waals surface area contributed by atoms with Crippen LogP contribution in [0.25, 0.3) is 16.7 Å². The van der Waals surface area contributed by atoms with Crippen LogP contribution in [-0.4, -0.2) is 26.6 Å². The van der Waals surface area contributed by atoms with Crippen LogP contribution < -0.4 is 11.0 Å². The molecular weight excluding hydrogens is 254 g/mol. The van der Waals surface area contributed by atoms with E-state index in [1.165, 1.54) is 4.57 Å². The van der Waals surface area contributed by atoms with Crippen LogP contribution in [-0.2, 0) is 0 Å². The third-order valence-corrected chi connectivity index (χ3v) is 3.02. The van der Waals surface area contributed by atoms with Gasteiger partial charge in [-0.25, -0.2) is 14.3 Å². The van der Waals surface area contributed by atoms with Gasteiger partial charge in [-0.3, -0.25) is 4.98 Å². The molecular formula is C14H13N5O. The summed E-state index contributed by atoms with van der Waals surface area (Å²) in [6, 6.07) is 7.37. The smallest absolute Gasteiger partial charge is 0.355 e. The Bertz CT molecular complexity index is 826. The maximum Gasteiger partial charge on any atom is 0.355 e. The molecule has 0 spiro atoms. The highest BCUT2D eigenvalue weighted by atomic mass is 16.1. The van der Waals surface area contributed by atoms with E-state index >= 15 is 0 Å². The van der Waals surface area contributed by atoms with Gasteiger partial charge in [0.15, 0.2) is 5.65 Å². The van der Waals surface area contributed by atoms with E-state index in [0.717, 1.165) is 11.1 Å². The molecule has 0 bridgehead atoms. The van der Waals surface area contributed by atoms with E-state index in [-0.39, 0.29) is 5.69 Å². The first-order valence-corrected chi connectivity index (χ1v) is 6.19. The molecule has 6 heteroatoms. The Morgan fingerprint density at radius 3 is 2.75 bits per heavy atom. The van der Waals surface area contributed by atoms with Crippen LogP contribution >= 0.6 is 0 Å². The van der Waals surface area contributed by atoms with Crippen LogP contribution in [0, 0.1) is 6.92 Å². The molecule has 0 unspecified atom stereocenters. The minimum Gasteiger partial charge on any atom is -0.372 e. The number of anilines is 1. The quantitative estimate of drug-likeness (QED) is 0.762. The van der Waals surface area contributed by atoms with Crippen molar-refractivity contribution < 1.29 is 0 Å².